The summed E-state index contributed by atoms with van der Waals surface area (Å²) in [5.74, 6) is 0.761. The fraction of sp³-hybridized carbons (Fsp3) is 0.390. The molecule has 0 unspecified atom stereocenters. The van der Waals surface area contributed by atoms with Gasteiger partial charge in [-0.3, -0.25) is 0 Å². The van der Waals surface area contributed by atoms with Crippen LogP contribution in [0.3, 0.4) is 0 Å². The zero-order chi connectivity index (χ0) is 77.5. The summed E-state index contributed by atoms with van der Waals surface area (Å²) in [6.45, 7) is 2.21. The van der Waals surface area contributed by atoms with Crippen LogP contribution in [0.4, 0.5) is 105 Å². The Hall–Kier alpha value is -7.09. The Kier molecular flexibility index (Phi) is 27.5. The van der Waals surface area contributed by atoms with Gasteiger partial charge in [0, 0.05) is 58.0 Å². The number of aliphatic imine (C=N–C) groups is 1. The van der Waals surface area contributed by atoms with Gasteiger partial charge in [-0.05, 0) is 106 Å². The molecule has 2 atom stereocenters. The standard InChI is InChI=1S/C37H46NO2P.C32H12BF24.C8H12.Ir/c1-29-35(38-36(39-29)32-21-11-4-12-22-32)37(27-30-17-7-2-8-18-30,28-31-19-9-3-10-20-31)40-41(33-23-13-5-14-24-33)34-25-15-6-16-26-34;34-25(35,36)13-1-14(26(37,38)39)6-21(5-13)33(22-7-15(27(40,41)42)2-16(8-22)28(43,44)45,23-9-17(29(46,47)48)3-18(10-23)30(49,50)51)24-11-19(31(52,53)54)4-20(12-24)32(55,56)57;1-2-4-6-8-7-5-3-1;/h2-4,7-12,17-22,29,33-35H,5-6,13-16,23-28H2,1H3;1-12H;1-2,7-8H,3-6H2;/q;-1;;/b;;2-1-,8-7-;/t29-,35-;;;/m1.../s1. The molecule has 2 saturated carbocycles. The maximum atomic E-state index is 14.2. The van der Waals surface area contributed by atoms with E-state index in [4.69, 9.17) is 14.3 Å². The summed E-state index contributed by atoms with van der Waals surface area (Å²) >= 11 is 0. The van der Waals surface area contributed by atoms with Crippen LogP contribution in [0.5, 0.6) is 0 Å². The van der Waals surface area contributed by atoms with Crippen molar-refractivity contribution in [1.82, 2.24) is 0 Å². The minimum absolute atomic E-state index is 0. The fourth-order valence-corrected chi connectivity index (χ4v) is 17.6. The number of rotatable bonds is 14. The number of benzene rings is 7. The third-order valence-electron chi connectivity index (χ3n) is 19.2. The zero-order valence-electron chi connectivity index (χ0n) is 56.7. The van der Waals surface area contributed by atoms with Gasteiger partial charge in [-0.1, -0.05) is 190 Å². The molecule has 3 nitrogen and oxygen atoms in total. The van der Waals surface area contributed by atoms with Crippen molar-refractivity contribution in [2.24, 2.45) is 4.99 Å². The molecule has 4 aliphatic rings. The topological polar surface area (TPSA) is 30.8 Å². The van der Waals surface area contributed by atoms with Crippen LogP contribution in [-0.4, -0.2) is 41.1 Å². The van der Waals surface area contributed by atoms with Crippen molar-refractivity contribution >= 4 is 42.0 Å². The van der Waals surface area contributed by atoms with Crippen LogP contribution in [-0.2, 0) is 91.6 Å². The van der Waals surface area contributed by atoms with E-state index in [0.29, 0.717) is 11.3 Å². The van der Waals surface area contributed by atoms with Crippen molar-refractivity contribution in [2.75, 3.05) is 0 Å². The summed E-state index contributed by atoms with van der Waals surface area (Å²) in [5.41, 5.74) is -25.6. The molecule has 1 heterocycles. The Labute approximate surface area is 616 Å². The molecule has 1 aliphatic heterocycles. The molecule has 0 saturated heterocycles. The van der Waals surface area contributed by atoms with Crippen LogP contribution in [0.15, 0.2) is 193 Å². The van der Waals surface area contributed by atoms with E-state index in [1.807, 2.05) is 0 Å². The van der Waals surface area contributed by atoms with Gasteiger partial charge in [0.05, 0.1) is 44.5 Å². The number of allylic oxidation sites excluding steroid dienone is 4. The van der Waals surface area contributed by atoms with Crippen molar-refractivity contribution < 1.29 is 135 Å². The van der Waals surface area contributed by atoms with E-state index >= 15 is 0 Å². The summed E-state index contributed by atoms with van der Waals surface area (Å²) in [4.78, 5) is 5.43. The summed E-state index contributed by atoms with van der Waals surface area (Å²) in [5, 5.41) is 0. The van der Waals surface area contributed by atoms with Crippen LogP contribution < -0.4 is 21.9 Å². The van der Waals surface area contributed by atoms with Gasteiger partial charge in [0.2, 0.25) is 5.90 Å². The van der Waals surface area contributed by atoms with Crippen molar-refractivity contribution in [3.8, 4) is 0 Å². The molecule has 0 N–H and O–H groups in total. The predicted molar refractivity (Wildman–Crippen MR) is 359 cm³/mol. The van der Waals surface area contributed by atoms with Crippen LogP contribution in [0.25, 0.3) is 0 Å². The van der Waals surface area contributed by atoms with Gasteiger partial charge < -0.3 is 9.26 Å². The number of halogens is 24. The normalized spacial score (nSPS) is 18.3. The number of ether oxygens (including phenoxy) is 1. The molecule has 581 valence electrons. The molecule has 0 bridgehead atoms. The average molecular weight is 1730 g/mol. The van der Waals surface area contributed by atoms with E-state index in [1.54, 1.807) is 0 Å². The predicted octanol–water partition coefficient (Wildman–Crippen LogP) is 23.4. The Morgan fingerprint density at radius 1 is 0.364 bits per heavy atom. The molecule has 2 fully saturated rings. The Morgan fingerprint density at radius 2 is 0.617 bits per heavy atom. The van der Waals surface area contributed by atoms with Crippen molar-refractivity contribution in [3.63, 3.8) is 0 Å². The maximum absolute atomic E-state index is 14.2. The molecule has 7 aromatic carbocycles. The number of hydrogen-bond donors (Lipinski definition) is 0. The summed E-state index contributed by atoms with van der Waals surface area (Å²) < 4.78 is 355. The maximum Gasteiger partial charge on any atom is 0.416 e. The minimum atomic E-state index is -6.13. The van der Waals surface area contributed by atoms with E-state index in [0.717, 1.165) is 24.3 Å². The van der Waals surface area contributed by atoms with Gasteiger partial charge in [0.1, 0.15) is 23.9 Å². The van der Waals surface area contributed by atoms with Gasteiger partial charge in [-0.15, -0.1) is 0 Å². The number of alkyl halides is 24. The van der Waals surface area contributed by atoms with Crippen LogP contribution in [0, 0.1) is 0 Å². The fourth-order valence-electron chi connectivity index (χ4n) is 14.3. The molecular weight excluding hydrogens is 1660 g/mol. The smallest absolute Gasteiger partial charge is 0.416 e. The zero-order valence-corrected chi connectivity index (χ0v) is 60.0. The molecule has 30 heteroatoms. The number of nitrogens with zero attached hydrogens (tertiary/aromatic N) is 1. The second-order valence-electron chi connectivity index (χ2n) is 26.8. The molecule has 7 aromatic rings. The second kappa shape index (κ2) is 34.4. The van der Waals surface area contributed by atoms with Crippen molar-refractivity contribution in [2.45, 2.75) is 188 Å². The van der Waals surface area contributed by atoms with Crippen LogP contribution in [0.1, 0.15) is 158 Å². The van der Waals surface area contributed by atoms with Crippen LogP contribution in [0.2, 0.25) is 0 Å². The molecular formula is C77H70BF24IrNO2P-. The van der Waals surface area contributed by atoms with Gasteiger partial charge in [-0.25, -0.2) is 4.99 Å². The van der Waals surface area contributed by atoms with Gasteiger partial charge in [0.15, 0.2) is 0 Å². The molecule has 0 spiro atoms. The average Bonchev–Trinajstić information content (AvgIpc) is 1.18. The van der Waals surface area contributed by atoms with Gasteiger partial charge >= 0.3 is 49.4 Å². The molecule has 0 aromatic heterocycles. The van der Waals surface area contributed by atoms with Crippen molar-refractivity contribution in [3.05, 3.63) is 249 Å². The Bertz CT molecular complexity index is 3630. The molecule has 3 aliphatic carbocycles. The summed E-state index contributed by atoms with van der Waals surface area (Å²) in [6, 6.07) is 23.5. The Morgan fingerprint density at radius 3 is 0.869 bits per heavy atom. The molecule has 107 heavy (non-hydrogen) atoms. The van der Waals surface area contributed by atoms with Gasteiger partial charge in [0.25, 0.3) is 0 Å². The quantitative estimate of drug-likeness (QED) is 0.0470. The number of hydrogen-bond acceptors (Lipinski definition) is 3. The summed E-state index contributed by atoms with van der Waals surface area (Å²) in [7, 11) is -0.606. The Balaban J connectivity index is 0.000000251. The van der Waals surface area contributed by atoms with E-state index in [-0.39, 0.29) is 32.3 Å². The summed E-state index contributed by atoms with van der Waals surface area (Å²) in [6.07, 6.45) is -25.7. The first-order chi connectivity index (χ1) is 49.5. The van der Waals surface area contributed by atoms with E-state index in [1.165, 1.54) is 101 Å². The molecule has 11 rings (SSSR count). The van der Waals surface area contributed by atoms with Crippen molar-refractivity contribution in [1.29, 1.82) is 0 Å². The third-order valence-corrected chi connectivity index (χ3v) is 22.2. The van der Waals surface area contributed by atoms with Crippen LogP contribution >= 0.6 is 8.15 Å². The SMILES string of the molecule is C1=C\CC/C=C\CC/1.C[C@H]1OC(c2ccccc2)=N[C@H]1C(Cc1ccccc1)(Cc1ccccc1)OP(C1CCCCC1)C1CCCCC1.FC(F)(F)c1cc([B-](c2cc(C(F)(F)F)cc(C(F)(F)F)c2)(c2cc(C(F)(F)F)cc(C(F)(F)F)c2)c2cc(C(F)(F)F)cc(C(F)(F)F)c2)cc(C(F)(F)F)c1.[Ir]. The largest absolute Gasteiger partial charge is 0.472 e. The van der Waals surface area contributed by atoms with E-state index in [2.05, 4.69) is 122 Å². The first-order valence-electron chi connectivity index (χ1n) is 34.0. The first-order valence-corrected chi connectivity index (χ1v) is 35.4. The van der Waals surface area contributed by atoms with E-state index in [9.17, 15) is 105 Å². The molecule has 0 amide bonds. The monoisotopic (exact) mass is 1730 g/mol. The van der Waals surface area contributed by atoms with E-state index < -0.39 is 208 Å². The first kappa shape index (κ1) is 85.5. The second-order valence-corrected chi connectivity index (χ2v) is 29.2. The minimum Gasteiger partial charge on any atom is -0.472 e. The third kappa shape index (κ3) is 21.9. The van der Waals surface area contributed by atoms with Gasteiger partial charge in [-0.2, -0.15) is 127 Å². The molecule has 1 radical (unpaired) electrons.